The normalized spacial score (nSPS) is 22.9. The van der Waals surface area contributed by atoms with Crippen LogP contribution in [0.5, 0.6) is 0 Å². The predicted octanol–water partition coefficient (Wildman–Crippen LogP) is 0.324. The van der Waals surface area contributed by atoms with Gasteiger partial charge in [-0.05, 0) is 35.0 Å². The molecule has 0 radical (unpaired) electrons. The summed E-state index contributed by atoms with van der Waals surface area (Å²) in [6.45, 7) is 0.339. The fraction of sp³-hybridized carbons (Fsp3) is 0.214. The van der Waals surface area contributed by atoms with Crippen LogP contribution in [0.15, 0.2) is 41.3 Å². The van der Waals surface area contributed by atoms with Gasteiger partial charge in [0.25, 0.3) is 0 Å². The van der Waals surface area contributed by atoms with Gasteiger partial charge in [0.1, 0.15) is 6.54 Å². The average Bonchev–Trinajstić information content (AvgIpc) is 2.79. The second-order valence-corrected chi connectivity index (χ2v) is 7.68. The molecule has 1 amide bonds. The maximum Gasteiger partial charge on any atom is 0.349 e. The fourth-order valence-electron chi connectivity index (χ4n) is 2.58. The number of sulfone groups is 1. The molecule has 1 heterocycles. The van der Waals surface area contributed by atoms with E-state index in [1.165, 1.54) is 6.07 Å². The monoisotopic (exact) mass is 325 g/mol. The molecule has 2 atom stereocenters. The van der Waals surface area contributed by atoms with Crippen LogP contribution in [0.2, 0.25) is 5.02 Å². The number of carbonyl (C=O) groups excluding carboxylic acids is 1. The quantitative estimate of drug-likeness (QED) is 0.615. The van der Waals surface area contributed by atoms with Gasteiger partial charge >= 0.3 is 5.91 Å². The summed E-state index contributed by atoms with van der Waals surface area (Å²) < 4.78 is 25.2. The number of hydrogen-bond donors (Lipinski definition) is 2. The van der Waals surface area contributed by atoms with Crippen LogP contribution in [0.3, 0.4) is 0 Å². The highest BCUT2D eigenvalue weighted by atomic mass is 35.5. The van der Waals surface area contributed by atoms with E-state index in [9.17, 15) is 13.2 Å². The summed E-state index contributed by atoms with van der Waals surface area (Å²) in [5, 5.41) is 1.30. The van der Waals surface area contributed by atoms with Crippen LogP contribution in [0, 0.1) is 0 Å². The summed E-state index contributed by atoms with van der Waals surface area (Å²) in [6, 6.07) is 10.00. The minimum atomic E-state index is -3.71. The number of fused-ring (bicyclic) bond motifs is 1. The van der Waals surface area contributed by atoms with E-state index < -0.39 is 21.0 Å². The van der Waals surface area contributed by atoms with Crippen LogP contribution in [-0.2, 0) is 14.6 Å². The fourth-order valence-corrected chi connectivity index (χ4v) is 4.50. The third-order valence-electron chi connectivity index (χ3n) is 3.76. The molecule has 3 rings (SSSR count). The van der Waals surface area contributed by atoms with Crippen LogP contribution in [0.4, 0.5) is 0 Å². The average molecular weight is 326 g/mol. The number of benzene rings is 2. The number of rotatable bonds is 2. The Labute approximate surface area is 127 Å². The molecule has 110 valence electrons. The molecule has 0 saturated carbocycles. The third-order valence-corrected chi connectivity index (χ3v) is 6.11. The number of nitrogens with one attached hydrogen (secondary N) is 1. The van der Waals surface area contributed by atoms with Gasteiger partial charge in [0.15, 0.2) is 15.1 Å². The largest absolute Gasteiger partial charge is 0.349 e. The molecule has 0 aromatic heterocycles. The second kappa shape index (κ2) is 5.06. The van der Waals surface area contributed by atoms with Crippen LogP contribution in [0.1, 0.15) is 6.42 Å². The first-order valence-electron chi connectivity index (χ1n) is 6.48. The van der Waals surface area contributed by atoms with E-state index in [-0.39, 0.29) is 16.3 Å². The van der Waals surface area contributed by atoms with Gasteiger partial charge in [0, 0.05) is 11.4 Å². The molecule has 1 aliphatic heterocycles. The number of hydrogen-bond acceptors (Lipinski definition) is 4. The standard InChI is InChI=1S/C14H13ClN2O3S/c15-11-3-1-10-8-12(4-2-9(10)7-11)21(19,20)13-5-6-17(16)14(13)18/h1-4,7-8,13H,5-6,16H2/p+1. The van der Waals surface area contributed by atoms with Crippen LogP contribution < -0.4 is 10.9 Å². The van der Waals surface area contributed by atoms with Crippen molar-refractivity contribution in [2.75, 3.05) is 6.54 Å². The lowest BCUT2D eigenvalue weighted by atomic mass is 10.1. The van der Waals surface area contributed by atoms with Gasteiger partial charge in [0.05, 0.1) is 4.90 Å². The van der Waals surface area contributed by atoms with Crippen LogP contribution in [0.25, 0.3) is 10.8 Å². The van der Waals surface area contributed by atoms with E-state index in [0.717, 1.165) is 10.8 Å². The lowest BCUT2D eigenvalue weighted by Gasteiger charge is -2.09. The number of halogens is 1. The summed E-state index contributed by atoms with van der Waals surface area (Å²) in [5.41, 5.74) is 0. The Hall–Kier alpha value is -1.47. The lowest BCUT2D eigenvalue weighted by Crippen LogP contribution is -3.18. The first-order valence-corrected chi connectivity index (χ1v) is 8.41. The molecule has 1 saturated heterocycles. The molecule has 0 spiro atoms. The van der Waals surface area contributed by atoms with Crippen molar-refractivity contribution in [3.05, 3.63) is 41.4 Å². The van der Waals surface area contributed by atoms with Crippen LogP contribution >= 0.6 is 11.6 Å². The molecule has 1 aliphatic rings. The lowest BCUT2D eigenvalue weighted by molar-refractivity contribution is -0.824. The summed E-state index contributed by atoms with van der Waals surface area (Å²) in [7, 11) is -3.71. The Morgan fingerprint density at radius 2 is 1.81 bits per heavy atom. The smallest absolute Gasteiger partial charge is 0.227 e. The highest BCUT2D eigenvalue weighted by Crippen LogP contribution is 2.25. The molecule has 7 heteroatoms. The maximum atomic E-state index is 12.6. The first-order chi connectivity index (χ1) is 9.89. The second-order valence-electron chi connectivity index (χ2n) is 5.12. The Morgan fingerprint density at radius 3 is 2.48 bits per heavy atom. The molecule has 2 aromatic rings. The molecule has 5 nitrogen and oxygen atoms in total. The van der Waals surface area contributed by atoms with E-state index in [2.05, 4.69) is 0 Å². The first kappa shape index (κ1) is 14.5. The Bertz CT molecular complexity index is 835. The zero-order chi connectivity index (χ0) is 15.2. The molecule has 0 aliphatic carbocycles. The van der Waals surface area contributed by atoms with Crippen molar-refractivity contribution in [3.63, 3.8) is 0 Å². The summed E-state index contributed by atoms with van der Waals surface area (Å²) in [6.07, 6.45) is 0.256. The van der Waals surface area contributed by atoms with E-state index >= 15 is 0 Å². The van der Waals surface area contributed by atoms with Crippen molar-refractivity contribution in [2.24, 2.45) is 5.84 Å². The van der Waals surface area contributed by atoms with Crippen molar-refractivity contribution >= 4 is 38.1 Å². The predicted molar refractivity (Wildman–Crippen MR) is 79.6 cm³/mol. The number of carbonyl (C=O) groups is 1. The highest BCUT2D eigenvalue weighted by molar-refractivity contribution is 7.92. The van der Waals surface area contributed by atoms with E-state index in [0.29, 0.717) is 11.6 Å². The number of amides is 1. The van der Waals surface area contributed by atoms with Gasteiger partial charge in [-0.3, -0.25) is 0 Å². The molecular formula is C14H14ClN2O3S+. The van der Waals surface area contributed by atoms with Gasteiger partial charge in [-0.1, -0.05) is 23.7 Å². The summed E-state index contributed by atoms with van der Waals surface area (Å²) >= 11 is 5.91. The Balaban J connectivity index is 2.07. The number of quaternary nitrogens is 1. The number of nitrogens with two attached hydrogens (primary N) is 1. The Morgan fingerprint density at radius 1 is 1.14 bits per heavy atom. The maximum absolute atomic E-state index is 12.6. The molecule has 2 aromatic carbocycles. The Kier molecular flexibility index (Phi) is 3.49. The van der Waals surface area contributed by atoms with E-state index in [1.54, 1.807) is 30.3 Å². The van der Waals surface area contributed by atoms with Crippen molar-refractivity contribution in [1.29, 1.82) is 0 Å². The van der Waals surface area contributed by atoms with Gasteiger partial charge < -0.3 is 0 Å². The third kappa shape index (κ3) is 2.44. The topological polar surface area (TPSA) is 81.7 Å². The van der Waals surface area contributed by atoms with Crippen molar-refractivity contribution in [1.82, 2.24) is 0 Å². The zero-order valence-corrected chi connectivity index (χ0v) is 12.6. The molecule has 3 N–H and O–H groups in total. The van der Waals surface area contributed by atoms with Gasteiger partial charge in [0.2, 0.25) is 0 Å². The SMILES string of the molecule is N[NH+]1CCC(S(=O)(=O)c2ccc3cc(Cl)ccc3c2)C1=O. The van der Waals surface area contributed by atoms with E-state index in [1.807, 2.05) is 0 Å². The highest BCUT2D eigenvalue weighted by Gasteiger charge is 2.45. The molecule has 0 bridgehead atoms. The minimum Gasteiger partial charge on any atom is -0.227 e. The molecule has 2 unspecified atom stereocenters. The van der Waals surface area contributed by atoms with Gasteiger partial charge in [-0.15, -0.1) is 0 Å². The molecule has 1 fully saturated rings. The van der Waals surface area contributed by atoms with Crippen molar-refractivity contribution < 1.29 is 18.2 Å². The summed E-state index contributed by atoms with van der Waals surface area (Å²) in [4.78, 5) is 12.0. The van der Waals surface area contributed by atoms with Crippen LogP contribution in [-0.4, -0.2) is 26.1 Å². The van der Waals surface area contributed by atoms with E-state index in [4.69, 9.17) is 17.4 Å². The van der Waals surface area contributed by atoms with Crippen molar-refractivity contribution in [2.45, 2.75) is 16.6 Å². The molecule has 21 heavy (non-hydrogen) atoms. The molecular weight excluding hydrogens is 312 g/mol. The van der Waals surface area contributed by atoms with Gasteiger partial charge in [-0.2, -0.15) is 10.9 Å². The van der Waals surface area contributed by atoms with Crippen molar-refractivity contribution in [3.8, 4) is 0 Å². The zero-order valence-electron chi connectivity index (χ0n) is 11.0. The summed E-state index contributed by atoms with van der Waals surface area (Å²) in [5.74, 6) is 5.07. The minimum absolute atomic E-state index is 0.144. The van der Waals surface area contributed by atoms with Gasteiger partial charge in [-0.25, -0.2) is 13.2 Å².